The topological polar surface area (TPSA) is 55.2 Å². The van der Waals surface area contributed by atoms with E-state index in [0.717, 1.165) is 4.88 Å². The molecule has 0 spiro atoms. The summed E-state index contributed by atoms with van der Waals surface area (Å²) >= 11 is 13.5. The number of anilines is 1. The Morgan fingerprint density at radius 1 is 1.29 bits per heavy atom. The Morgan fingerprint density at radius 3 is 2.48 bits per heavy atom. The van der Waals surface area contributed by atoms with Crippen molar-refractivity contribution in [2.45, 2.75) is 19.9 Å². The third-order valence-corrected chi connectivity index (χ3v) is 4.74. The molecule has 0 amide bonds. The van der Waals surface area contributed by atoms with Crippen molar-refractivity contribution in [3.05, 3.63) is 54.7 Å². The lowest BCUT2D eigenvalue weighted by molar-refractivity contribution is -0.384. The Labute approximate surface area is 136 Å². The van der Waals surface area contributed by atoms with E-state index in [1.807, 2.05) is 17.5 Å². The Kier molecular flexibility index (Phi) is 5.08. The normalized spacial score (nSPS) is 12.4. The predicted molar refractivity (Wildman–Crippen MR) is 88.6 cm³/mol. The second-order valence-electron chi connectivity index (χ2n) is 4.92. The zero-order valence-corrected chi connectivity index (χ0v) is 13.8. The van der Waals surface area contributed by atoms with E-state index in [9.17, 15) is 10.1 Å². The Bertz CT molecular complexity index is 645. The number of nitrogens with zero attached hydrogens (tertiary/aromatic N) is 1. The van der Waals surface area contributed by atoms with Crippen LogP contribution in [0.15, 0.2) is 29.6 Å². The average Bonchev–Trinajstić information content (AvgIpc) is 2.92. The van der Waals surface area contributed by atoms with Gasteiger partial charge in [0.05, 0.1) is 21.0 Å². The van der Waals surface area contributed by atoms with Crippen LogP contribution in [0.4, 0.5) is 11.4 Å². The molecule has 7 heteroatoms. The van der Waals surface area contributed by atoms with E-state index < -0.39 is 4.92 Å². The third-order valence-electron chi connectivity index (χ3n) is 3.06. The van der Waals surface area contributed by atoms with Crippen molar-refractivity contribution in [2.24, 2.45) is 5.92 Å². The number of thiophene rings is 1. The number of nitrogens with one attached hydrogen (secondary N) is 1. The molecular weight excluding hydrogens is 331 g/mol. The van der Waals surface area contributed by atoms with Gasteiger partial charge in [-0.2, -0.15) is 0 Å². The summed E-state index contributed by atoms with van der Waals surface area (Å²) in [7, 11) is 0. The first-order chi connectivity index (χ1) is 9.90. The van der Waals surface area contributed by atoms with Crippen molar-refractivity contribution in [1.29, 1.82) is 0 Å². The largest absolute Gasteiger partial charge is 0.372 e. The summed E-state index contributed by atoms with van der Waals surface area (Å²) in [6.45, 7) is 4.11. The molecule has 0 bridgehead atoms. The lowest BCUT2D eigenvalue weighted by Crippen LogP contribution is -2.16. The number of nitro benzene ring substituents is 1. The van der Waals surface area contributed by atoms with Crippen molar-refractivity contribution in [1.82, 2.24) is 0 Å². The summed E-state index contributed by atoms with van der Waals surface area (Å²) in [5.74, 6) is 0.262. The summed E-state index contributed by atoms with van der Waals surface area (Å²) in [4.78, 5) is 11.8. The maximum atomic E-state index is 11.2. The highest BCUT2D eigenvalue weighted by Crippen LogP contribution is 2.38. The van der Waals surface area contributed by atoms with Crippen molar-refractivity contribution in [2.75, 3.05) is 5.32 Å². The van der Waals surface area contributed by atoms with Crippen LogP contribution in [-0.2, 0) is 0 Å². The fourth-order valence-electron chi connectivity index (χ4n) is 2.01. The molecule has 0 radical (unpaired) electrons. The molecule has 112 valence electrons. The number of halogens is 2. The van der Waals surface area contributed by atoms with Gasteiger partial charge >= 0.3 is 0 Å². The average molecular weight is 345 g/mol. The van der Waals surface area contributed by atoms with Gasteiger partial charge in [-0.1, -0.05) is 43.1 Å². The molecule has 1 atom stereocenters. The Hall–Kier alpha value is -1.30. The summed E-state index contributed by atoms with van der Waals surface area (Å²) < 4.78 is 0. The van der Waals surface area contributed by atoms with Crippen molar-refractivity contribution in [3.63, 3.8) is 0 Å². The van der Waals surface area contributed by atoms with Gasteiger partial charge in [-0.25, -0.2) is 0 Å². The lowest BCUT2D eigenvalue weighted by Gasteiger charge is -2.22. The van der Waals surface area contributed by atoms with Crippen LogP contribution in [0.3, 0.4) is 0 Å². The van der Waals surface area contributed by atoms with E-state index in [1.165, 1.54) is 12.1 Å². The van der Waals surface area contributed by atoms with Crippen molar-refractivity contribution >= 4 is 45.9 Å². The first-order valence-electron chi connectivity index (χ1n) is 6.33. The molecule has 1 aromatic carbocycles. The molecule has 1 heterocycles. The first-order valence-corrected chi connectivity index (χ1v) is 7.97. The minimum absolute atomic E-state index is 0.0269. The molecule has 1 unspecified atom stereocenters. The van der Waals surface area contributed by atoms with Crippen LogP contribution in [-0.4, -0.2) is 4.92 Å². The fourth-order valence-corrected chi connectivity index (χ4v) is 3.28. The van der Waals surface area contributed by atoms with Crippen LogP contribution in [0.5, 0.6) is 0 Å². The maximum Gasteiger partial charge on any atom is 0.293 e. The van der Waals surface area contributed by atoms with E-state index in [2.05, 4.69) is 19.2 Å². The summed E-state index contributed by atoms with van der Waals surface area (Å²) in [6.07, 6.45) is 0. The van der Waals surface area contributed by atoms with Gasteiger partial charge in [-0.3, -0.25) is 10.1 Å². The van der Waals surface area contributed by atoms with E-state index in [-0.39, 0.29) is 22.7 Å². The van der Waals surface area contributed by atoms with Crippen LogP contribution in [0.1, 0.15) is 24.8 Å². The third kappa shape index (κ3) is 3.67. The molecular formula is C14H14Cl2N2O2S. The molecule has 0 aliphatic carbocycles. The molecule has 0 saturated heterocycles. The highest BCUT2D eigenvalue weighted by Gasteiger charge is 2.23. The van der Waals surface area contributed by atoms with Crippen LogP contribution < -0.4 is 5.32 Å². The van der Waals surface area contributed by atoms with Gasteiger partial charge in [-0.05, 0) is 23.4 Å². The van der Waals surface area contributed by atoms with Crippen molar-refractivity contribution < 1.29 is 4.92 Å². The van der Waals surface area contributed by atoms with Gasteiger partial charge in [0.2, 0.25) is 0 Å². The molecule has 1 aromatic heterocycles. The number of nitro groups is 1. The predicted octanol–water partition coefficient (Wildman–Crippen LogP) is 5.77. The molecule has 2 rings (SSSR count). The fraction of sp³-hybridized carbons (Fsp3) is 0.286. The zero-order valence-electron chi connectivity index (χ0n) is 11.5. The second-order valence-corrected chi connectivity index (χ2v) is 6.72. The van der Waals surface area contributed by atoms with Crippen LogP contribution in [0.25, 0.3) is 0 Å². The number of rotatable bonds is 5. The van der Waals surface area contributed by atoms with Gasteiger partial charge in [0, 0.05) is 10.9 Å². The molecule has 0 fully saturated rings. The number of benzene rings is 1. The molecule has 1 N–H and O–H groups in total. The van der Waals surface area contributed by atoms with Crippen LogP contribution in [0, 0.1) is 16.0 Å². The summed E-state index contributed by atoms with van der Waals surface area (Å²) in [5.41, 5.74) is 0.299. The highest BCUT2D eigenvalue weighted by molar-refractivity contribution is 7.10. The van der Waals surface area contributed by atoms with E-state index >= 15 is 0 Å². The van der Waals surface area contributed by atoms with E-state index in [0.29, 0.717) is 10.7 Å². The van der Waals surface area contributed by atoms with Gasteiger partial charge < -0.3 is 5.32 Å². The lowest BCUT2D eigenvalue weighted by atomic mass is 10.0. The minimum atomic E-state index is -0.462. The van der Waals surface area contributed by atoms with Crippen LogP contribution in [0.2, 0.25) is 10.0 Å². The smallest absolute Gasteiger partial charge is 0.293 e. The monoisotopic (exact) mass is 344 g/mol. The SMILES string of the molecule is CC(C)C(Nc1cc(Cl)c(Cl)cc1[N+](=O)[O-])c1cccs1. The van der Waals surface area contributed by atoms with Gasteiger partial charge in [0.15, 0.2) is 0 Å². The van der Waals surface area contributed by atoms with Crippen molar-refractivity contribution in [3.8, 4) is 0 Å². The molecule has 0 saturated carbocycles. The van der Waals surface area contributed by atoms with E-state index in [4.69, 9.17) is 23.2 Å². The van der Waals surface area contributed by atoms with Gasteiger partial charge in [-0.15, -0.1) is 11.3 Å². The molecule has 21 heavy (non-hydrogen) atoms. The molecule has 0 aliphatic heterocycles. The Balaban J connectivity index is 2.41. The van der Waals surface area contributed by atoms with Gasteiger partial charge in [0.1, 0.15) is 5.69 Å². The summed E-state index contributed by atoms with van der Waals surface area (Å²) in [5, 5.41) is 16.9. The minimum Gasteiger partial charge on any atom is -0.372 e. The van der Waals surface area contributed by atoms with Gasteiger partial charge in [0.25, 0.3) is 5.69 Å². The summed E-state index contributed by atoms with van der Waals surface area (Å²) in [6, 6.07) is 6.72. The quantitative estimate of drug-likeness (QED) is 0.553. The number of hydrogen-bond donors (Lipinski definition) is 1. The maximum absolute atomic E-state index is 11.2. The standard InChI is InChI=1S/C14H14Cl2N2O2S/c1-8(2)14(13-4-3-5-21-13)17-11-6-9(15)10(16)7-12(11)18(19)20/h3-8,14,17H,1-2H3. The Morgan fingerprint density at radius 2 is 1.95 bits per heavy atom. The molecule has 0 aliphatic rings. The first kappa shape index (κ1) is 16.1. The van der Waals surface area contributed by atoms with Crippen LogP contribution >= 0.6 is 34.5 Å². The highest BCUT2D eigenvalue weighted by atomic mass is 35.5. The van der Waals surface area contributed by atoms with E-state index in [1.54, 1.807) is 11.3 Å². The second kappa shape index (κ2) is 6.64. The number of hydrogen-bond acceptors (Lipinski definition) is 4. The molecule has 2 aromatic rings. The molecule has 4 nitrogen and oxygen atoms in total. The zero-order chi connectivity index (χ0) is 15.6.